The molecule has 1 aromatic carbocycles. The number of rotatable bonds is 4. The van der Waals surface area contributed by atoms with Gasteiger partial charge in [-0.25, -0.2) is 0 Å². The molecule has 0 radical (unpaired) electrons. The highest BCUT2D eigenvalue weighted by Crippen LogP contribution is 2.33. The minimum absolute atomic E-state index is 0.00741. The molecule has 0 bridgehead atoms. The van der Waals surface area contributed by atoms with Gasteiger partial charge in [-0.3, -0.25) is 14.5 Å². The molecule has 0 aliphatic carbocycles. The Bertz CT molecular complexity index is 1060. The van der Waals surface area contributed by atoms with E-state index in [1.165, 1.54) is 0 Å². The molecule has 1 amide bonds. The number of pyridine rings is 1. The quantitative estimate of drug-likeness (QED) is 0.631. The van der Waals surface area contributed by atoms with Crippen LogP contribution in [0, 0.1) is 13.8 Å². The van der Waals surface area contributed by atoms with Gasteiger partial charge in [-0.2, -0.15) is 5.10 Å². The second-order valence-electron chi connectivity index (χ2n) is 7.77. The zero-order valence-electron chi connectivity index (χ0n) is 17.0. The van der Waals surface area contributed by atoms with E-state index in [0.29, 0.717) is 5.56 Å². The summed E-state index contributed by atoms with van der Waals surface area (Å²) in [6, 6.07) is 12.1. The lowest BCUT2D eigenvalue weighted by Gasteiger charge is -2.25. The van der Waals surface area contributed by atoms with Crippen molar-refractivity contribution in [1.29, 1.82) is 0 Å². The predicted octanol–water partition coefficient (Wildman–Crippen LogP) is 4.65. The van der Waals surface area contributed by atoms with Crippen molar-refractivity contribution in [2.24, 2.45) is 7.05 Å². The Hall–Kier alpha value is -2.66. The number of amides is 1. The topological polar surface area (TPSA) is 51.0 Å². The number of aromatic nitrogens is 3. The van der Waals surface area contributed by atoms with Crippen LogP contribution in [0.5, 0.6) is 0 Å². The van der Waals surface area contributed by atoms with E-state index in [1.54, 1.807) is 10.9 Å². The predicted molar refractivity (Wildman–Crippen MR) is 114 cm³/mol. The van der Waals surface area contributed by atoms with Gasteiger partial charge < -0.3 is 4.90 Å². The molecule has 6 heteroatoms. The standard InChI is InChI=1S/C23H25ClN4O/c1-15-11-17(12-18-7-4-5-8-20(18)24)13-21(25-15)22-9-6-10-28(22)23(29)19-14-27(3)26-16(19)2/h4-5,7-8,11,13-14,22H,6,9-10,12H2,1-3H3/t22-/m1/s1. The number of carbonyl (C=O) groups is 1. The van der Waals surface area contributed by atoms with E-state index in [0.717, 1.165) is 59.0 Å². The van der Waals surface area contributed by atoms with Gasteiger partial charge in [-0.15, -0.1) is 0 Å². The van der Waals surface area contributed by atoms with Crippen LogP contribution in [0.4, 0.5) is 0 Å². The van der Waals surface area contributed by atoms with Crippen LogP contribution in [-0.4, -0.2) is 32.1 Å². The summed E-state index contributed by atoms with van der Waals surface area (Å²) in [5.74, 6) is 0.0362. The number of hydrogen-bond donors (Lipinski definition) is 0. The van der Waals surface area contributed by atoms with Crippen molar-refractivity contribution >= 4 is 17.5 Å². The molecule has 150 valence electrons. The molecule has 4 rings (SSSR count). The molecule has 3 heterocycles. The van der Waals surface area contributed by atoms with Crippen LogP contribution in [0.3, 0.4) is 0 Å². The summed E-state index contributed by atoms with van der Waals surface area (Å²) < 4.78 is 1.69. The Morgan fingerprint density at radius 1 is 1.24 bits per heavy atom. The van der Waals surface area contributed by atoms with Crippen molar-refractivity contribution in [2.45, 2.75) is 39.2 Å². The SMILES string of the molecule is Cc1cc(Cc2ccccc2Cl)cc([C@H]2CCCN2C(=O)c2cn(C)nc2C)n1. The molecule has 2 aromatic heterocycles. The van der Waals surface area contributed by atoms with Gasteiger partial charge in [0.15, 0.2) is 0 Å². The van der Waals surface area contributed by atoms with Gasteiger partial charge in [0.05, 0.1) is 23.0 Å². The number of likely N-dealkylation sites (tertiary alicyclic amines) is 1. The van der Waals surface area contributed by atoms with Crippen molar-refractivity contribution in [3.8, 4) is 0 Å². The van der Waals surface area contributed by atoms with Crippen molar-refractivity contribution in [3.63, 3.8) is 0 Å². The van der Waals surface area contributed by atoms with E-state index in [9.17, 15) is 4.79 Å². The summed E-state index contributed by atoms with van der Waals surface area (Å²) in [7, 11) is 1.84. The summed E-state index contributed by atoms with van der Waals surface area (Å²) in [6.07, 6.45) is 4.45. The van der Waals surface area contributed by atoms with Gasteiger partial charge in [0.2, 0.25) is 0 Å². The molecule has 0 unspecified atom stereocenters. The van der Waals surface area contributed by atoms with Crippen molar-refractivity contribution in [1.82, 2.24) is 19.7 Å². The molecule has 1 aliphatic heterocycles. The molecule has 3 aromatic rings. The van der Waals surface area contributed by atoms with Crippen LogP contribution in [0.15, 0.2) is 42.6 Å². The first-order valence-electron chi connectivity index (χ1n) is 9.94. The monoisotopic (exact) mass is 408 g/mol. The Morgan fingerprint density at radius 3 is 2.76 bits per heavy atom. The maximum atomic E-state index is 13.2. The summed E-state index contributed by atoms with van der Waals surface area (Å²) in [5, 5.41) is 5.10. The highest BCUT2D eigenvalue weighted by molar-refractivity contribution is 6.31. The van der Waals surface area contributed by atoms with E-state index in [4.69, 9.17) is 16.6 Å². The maximum absolute atomic E-state index is 13.2. The number of aryl methyl sites for hydroxylation is 3. The van der Waals surface area contributed by atoms with Gasteiger partial charge >= 0.3 is 0 Å². The van der Waals surface area contributed by atoms with Crippen LogP contribution in [-0.2, 0) is 13.5 Å². The number of nitrogens with zero attached hydrogens (tertiary/aromatic N) is 4. The van der Waals surface area contributed by atoms with Gasteiger partial charge in [0, 0.05) is 30.5 Å². The van der Waals surface area contributed by atoms with Crippen LogP contribution < -0.4 is 0 Å². The van der Waals surface area contributed by atoms with E-state index in [2.05, 4.69) is 17.2 Å². The third-order valence-electron chi connectivity index (χ3n) is 5.48. The fourth-order valence-corrected chi connectivity index (χ4v) is 4.39. The highest BCUT2D eigenvalue weighted by Gasteiger charge is 2.33. The van der Waals surface area contributed by atoms with Crippen molar-refractivity contribution in [3.05, 3.63) is 81.4 Å². The first-order valence-corrected chi connectivity index (χ1v) is 10.3. The van der Waals surface area contributed by atoms with Crippen molar-refractivity contribution in [2.75, 3.05) is 6.54 Å². The second-order valence-corrected chi connectivity index (χ2v) is 8.18. The van der Waals surface area contributed by atoms with Crippen molar-refractivity contribution < 1.29 is 4.79 Å². The lowest BCUT2D eigenvalue weighted by atomic mass is 10.0. The molecule has 0 saturated carbocycles. The third-order valence-corrected chi connectivity index (χ3v) is 5.85. The van der Waals surface area contributed by atoms with E-state index in [-0.39, 0.29) is 11.9 Å². The van der Waals surface area contributed by atoms with Gasteiger partial charge in [0.25, 0.3) is 5.91 Å². The average molecular weight is 409 g/mol. The zero-order valence-corrected chi connectivity index (χ0v) is 17.8. The molecule has 1 aliphatic rings. The normalized spacial score (nSPS) is 16.4. The smallest absolute Gasteiger partial charge is 0.257 e. The first kappa shape index (κ1) is 19.6. The Balaban J connectivity index is 1.63. The number of halogens is 1. The lowest BCUT2D eigenvalue weighted by molar-refractivity contribution is 0.0732. The first-order chi connectivity index (χ1) is 13.9. The van der Waals surface area contributed by atoms with Gasteiger partial charge in [0.1, 0.15) is 0 Å². The van der Waals surface area contributed by atoms with Crippen LogP contribution in [0.1, 0.15) is 57.5 Å². The summed E-state index contributed by atoms with van der Waals surface area (Å²) in [4.78, 5) is 19.9. The largest absolute Gasteiger partial charge is 0.330 e. The summed E-state index contributed by atoms with van der Waals surface area (Å²) >= 11 is 6.35. The zero-order chi connectivity index (χ0) is 20.5. The van der Waals surface area contributed by atoms with Crippen LogP contribution >= 0.6 is 11.6 Å². The molecule has 0 spiro atoms. The van der Waals surface area contributed by atoms with E-state index < -0.39 is 0 Å². The van der Waals surface area contributed by atoms with Crippen LogP contribution in [0.25, 0.3) is 0 Å². The molecule has 1 fully saturated rings. The van der Waals surface area contributed by atoms with Crippen LogP contribution in [0.2, 0.25) is 5.02 Å². The number of benzene rings is 1. The number of carbonyl (C=O) groups excluding carboxylic acids is 1. The fraction of sp³-hybridized carbons (Fsp3) is 0.348. The molecular formula is C23H25ClN4O. The Labute approximate surface area is 176 Å². The average Bonchev–Trinajstić information content (AvgIpc) is 3.29. The lowest BCUT2D eigenvalue weighted by Crippen LogP contribution is -2.31. The summed E-state index contributed by atoms with van der Waals surface area (Å²) in [5.41, 5.74) is 5.61. The molecule has 0 N–H and O–H groups in total. The number of hydrogen-bond acceptors (Lipinski definition) is 3. The minimum atomic E-state index is -0.00741. The Kier molecular flexibility index (Phi) is 5.41. The minimum Gasteiger partial charge on any atom is -0.330 e. The molecular weight excluding hydrogens is 384 g/mol. The second kappa shape index (κ2) is 7.99. The fourth-order valence-electron chi connectivity index (χ4n) is 4.18. The molecule has 1 saturated heterocycles. The third kappa shape index (κ3) is 4.06. The molecule has 5 nitrogen and oxygen atoms in total. The van der Waals surface area contributed by atoms with E-state index >= 15 is 0 Å². The molecule has 1 atom stereocenters. The maximum Gasteiger partial charge on any atom is 0.257 e. The highest BCUT2D eigenvalue weighted by atomic mass is 35.5. The summed E-state index contributed by atoms with van der Waals surface area (Å²) in [6.45, 7) is 4.63. The van der Waals surface area contributed by atoms with E-state index in [1.807, 2.05) is 50.1 Å². The Morgan fingerprint density at radius 2 is 2.03 bits per heavy atom. The van der Waals surface area contributed by atoms with Gasteiger partial charge in [-0.05, 0) is 62.4 Å². The van der Waals surface area contributed by atoms with Gasteiger partial charge in [-0.1, -0.05) is 29.8 Å². The molecule has 29 heavy (non-hydrogen) atoms.